The van der Waals surface area contributed by atoms with Crippen LogP contribution in [0.25, 0.3) is 0 Å². The van der Waals surface area contributed by atoms with Gasteiger partial charge in [0.25, 0.3) is 0 Å². The average Bonchev–Trinajstić information content (AvgIpc) is 2.59. The van der Waals surface area contributed by atoms with Crippen molar-refractivity contribution in [1.29, 1.82) is 0 Å². The fraction of sp³-hybridized carbons (Fsp3) is 0.333. The summed E-state index contributed by atoms with van der Waals surface area (Å²) in [6, 6.07) is 9.25. The van der Waals surface area contributed by atoms with E-state index in [9.17, 15) is 4.79 Å². The number of hydrogen-bond acceptors (Lipinski definition) is 4. The van der Waals surface area contributed by atoms with Crippen LogP contribution < -0.4 is 0 Å². The van der Waals surface area contributed by atoms with E-state index in [4.69, 9.17) is 7.48 Å². The quantitative estimate of drug-likeness (QED) is 0.454. The number of ether oxygens (including phenoxy) is 1. The van der Waals surface area contributed by atoms with Gasteiger partial charge in [0, 0.05) is 19.4 Å². The number of rotatable bonds is 2. The number of benzene rings is 1. The molecule has 0 saturated carbocycles. The molecule has 0 unspecified atom stereocenters. The molecule has 2 heterocycles. The molecule has 0 N–H and O–H groups in total. The Morgan fingerprint density at radius 1 is 1.36 bits per heavy atom. The number of carbonyl (C=O) groups excluding carboxylic acids is 1. The first-order chi connectivity index (χ1) is 12.7. The van der Waals surface area contributed by atoms with Crippen molar-refractivity contribution in [3.8, 4) is 11.8 Å². The first kappa shape index (κ1) is 15.0. The lowest BCUT2D eigenvalue weighted by Crippen LogP contribution is -2.22. The average molecular weight is 355 g/mol. The summed E-state index contributed by atoms with van der Waals surface area (Å²) in [5.41, 5.74) is 1.46. The van der Waals surface area contributed by atoms with Crippen LogP contribution in [0.4, 0.5) is 0 Å². The lowest BCUT2D eigenvalue weighted by molar-refractivity contribution is 0.0526. The van der Waals surface area contributed by atoms with Crippen molar-refractivity contribution in [2.45, 2.75) is 37.5 Å². The lowest BCUT2D eigenvalue weighted by Gasteiger charge is -2.32. The normalized spacial score (nSPS) is 18.0. The van der Waals surface area contributed by atoms with Gasteiger partial charge in [-0.25, -0.2) is 9.78 Å². The minimum Gasteiger partial charge on any atom is -0.462 e. The van der Waals surface area contributed by atoms with Gasteiger partial charge in [-0.3, -0.25) is 0 Å². The highest BCUT2D eigenvalue weighted by atomic mass is 32.2. The highest BCUT2D eigenvalue weighted by Gasteiger charge is 2.27. The molecule has 0 amide bonds. The van der Waals surface area contributed by atoms with Crippen LogP contribution in [-0.4, -0.2) is 23.3 Å². The number of carbonyl (C=O) groups is 1. The predicted molar refractivity (Wildman–Crippen MR) is 101 cm³/mol. The standard InChI is InChI=1S/C21H21NO2S/c1-4-24-20(23)16-7-9-17(22-14-16)8-5-15-6-10-19-18(13-15)21(2,3)11-12-25-19/h6-7,9-10,13-14H,4,11-12H2,1-3H3/i5+1,8+1,12D2. The van der Waals surface area contributed by atoms with Crippen molar-refractivity contribution in [3.63, 3.8) is 0 Å². The zero-order chi connectivity index (χ0) is 19.7. The van der Waals surface area contributed by atoms with Crippen LogP contribution in [-0.2, 0) is 10.2 Å². The third-order valence-corrected chi connectivity index (χ3v) is 4.88. The number of pyridine rings is 1. The van der Waals surface area contributed by atoms with Gasteiger partial charge >= 0.3 is 5.97 Å². The van der Waals surface area contributed by atoms with E-state index < -0.39 is 11.7 Å². The first-order valence-electron chi connectivity index (χ1n) is 9.19. The second kappa shape index (κ2) is 7.33. The molecule has 0 saturated heterocycles. The zero-order valence-electron chi connectivity index (χ0n) is 16.6. The van der Waals surface area contributed by atoms with E-state index in [-0.39, 0.29) is 5.41 Å². The first-order valence-corrected chi connectivity index (χ1v) is 9.01. The molecule has 1 aliphatic heterocycles. The van der Waals surface area contributed by atoms with E-state index in [0.29, 0.717) is 24.3 Å². The van der Waals surface area contributed by atoms with Crippen LogP contribution in [0.5, 0.6) is 0 Å². The van der Waals surface area contributed by atoms with Crippen LogP contribution in [0.1, 0.15) is 57.1 Å². The predicted octanol–water partition coefficient (Wildman–Crippen LogP) is 4.43. The molecule has 128 valence electrons. The van der Waals surface area contributed by atoms with E-state index >= 15 is 0 Å². The summed E-state index contributed by atoms with van der Waals surface area (Å²) in [4.78, 5) is 16.8. The number of nitrogens with zero attached hydrogens (tertiary/aromatic N) is 1. The molecule has 2 aromatic rings. The maximum Gasteiger partial charge on any atom is 0.339 e. The van der Waals surface area contributed by atoms with Gasteiger partial charge in [-0.15, -0.1) is 11.8 Å². The summed E-state index contributed by atoms with van der Waals surface area (Å²) in [6.07, 6.45) is 1.93. The summed E-state index contributed by atoms with van der Waals surface area (Å²) in [5.74, 6) is 5.74. The van der Waals surface area contributed by atoms with E-state index in [0.717, 1.165) is 16.0 Å². The lowest BCUT2D eigenvalue weighted by atomic mass is 9.81. The summed E-state index contributed by atoms with van der Waals surface area (Å²) in [7, 11) is 0. The number of thioether (sulfide) groups is 1. The minimum atomic E-state index is -1.26. The topological polar surface area (TPSA) is 39.2 Å². The summed E-state index contributed by atoms with van der Waals surface area (Å²) in [6.45, 7) is 6.22. The van der Waals surface area contributed by atoms with E-state index in [1.165, 1.54) is 18.0 Å². The Bertz CT molecular complexity index is 927. The molecule has 0 aliphatic carbocycles. The second-order valence-corrected chi connectivity index (χ2v) is 7.35. The molecule has 0 spiro atoms. The highest BCUT2D eigenvalue weighted by Crippen LogP contribution is 2.41. The number of esters is 1. The molecule has 1 aromatic carbocycles. The maximum atomic E-state index is 11.7. The molecular formula is C21H21NO2S. The van der Waals surface area contributed by atoms with Crippen molar-refractivity contribution in [1.82, 2.24) is 4.98 Å². The molecule has 4 heteroatoms. The Morgan fingerprint density at radius 3 is 2.92 bits per heavy atom. The highest BCUT2D eigenvalue weighted by molar-refractivity contribution is 7.99. The largest absolute Gasteiger partial charge is 0.462 e. The molecule has 0 radical (unpaired) electrons. The van der Waals surface area contributed by atoms with Gasteiger partial charge in [0.2, 0.25) is 0 Å². The van der Waals surface area contributed by atoms with Gasteiger partial charge in [-0.05, 0) is 66.3 Å². The maximum absolute atomic E-state index is 11.7. The Balaban J connectivity index is 1.83. The number of hydrogen-bond donors (Lipinski definition) is 0. The minimum absolute atomic E-state index is 0.249. The fourth-order valence-corrected chi connectivity index (χ4v) is 3.72. The van der Waals surface area contributed by atoms with Crippen molar-refractivity contribution in [2.75, 3.05) is 12.3 Å². The van der Waals surface area contributed by atoms with Crippen LogP contribution in [0, 0.1) is 11.8 Å². The van der Waals surface area contributed by atoms with Gasteiger partial charge in [0.15, 0.2) is 0 Å². The zero-order valence-corrected chi connectivity index (χ0v) is 15.4. The Kier molecular flexibility index (Phi) is 4.41. The summed E-state index contributed by atoms with van der Waals surface area (Å²) in [5, 5.41) is 0. The Hall–Kier alpha value is -2.25. The number of aromatic nitrogens is 1. The summed E-state index contributed by atoms with van der Waals surface area (Å²) < 4.78 is 21.1. The Morgan fingerprint density at radius 2 is 2.20 bits per heavy atom. The SMILES string of the molecule is [2H]C1([2H])CC(C)(C)c2cc([13C]#[13C]c3ccc(C(=O)OCC)cn3)ccc2S1. The monoisotopic (exact) mass is 355 g/mol. The van der Waals surface area contributed by atoms with Crippen LogP contribution in [0.3, 0.4) is 0 Å². The molecule has 1 aliphatic rings. The van der Waals surface area contributed by atoms with E-state index in [1.807, 2.05) is 18.2 Å². The molecule has 0 bridgehead atoms. The molecular weight excluding hydrogens is 332 g/mol. The molecule has 0 atom stereocenters. The van der Waals surface area contributed by atoms with E-state index in [1.54, 1.807) is 19.1 Å². The second-order valence-electron chi connectivity index (χ2n) is 6.42. The van der Waals surface area contributed by atoms with Crippen LogP contribution in [0.2, 0.25) is 0 Å². The fourth-order valence-electron chi connectivity index (χ4n) is 2.55. The van der Waals surface area contributed by atoms with Crippen molar-refractivity contribution < 1.29 is 12.3 Å². The van der Waals surface area contributed by atoms with Crippen molar-refractivity contribution in [3.05, 3.63) is 58.9 Å². The molecule has 1 aromatic heterocycles. The molecule has 0 fully saturated rings. The third kappa shape index (κ3) is 4.05. The third-order valence-electron chi connectivity index (χ3n) is 4.01. The Labute approximate surface area is 156 Å². The van der Waals surface area contributed by atoms with Gasteiger partial charge < -0.3 is 4.74 Å². The molecule has 3 rings (SSSR count). The van der Waals surface area contributed by atoms with Gasteiger partial charge in [-0.2, -0.15) is 0 Å². The smallest absolute Gasteiger partial charge is 0.339 e. The summed E-state index contributed by atoms with van der Waals surface area (Å²) >= 11 is 1.28. The molecule has 3 nitrogen and oxygen atoms in total. The molecule has 25 heavy (non-hydrogen) atoms. The van der Waals surface area contributed by atoms with Crippen molar-refractivity contribution in [2.24, 2.45) is 0 Å². The van der Waals surface area contributed by atoms with Gasteiger partial charge in [-0.1, -0.05) is 19.8 Å². The van der Waals surface area contributed by atoms with Crippen molar-refractivity contribution >= 4 is 17.7 Å². The number of fused-ring (bicyclic) bond motifs is 1. The van der Waals surface area contributed by atoms with Gasteiger partial charge in [0.05, 0.1) is 12.2 Å². The van der Waals surface area contributed by atoms with Crippen LogP contribution >= 0.6 is 11.8 Å². The van der Waals surface area contributed by atoms with Crippen LogP contribution in [0.15, 0.2) is 41.4 Å². The van der Waals surface area contributed by atoms with Gasteiger partial charge in [0.1, 0.15) is 5.69 Å². The van der Waals surface area contributed by atoms with E-state index in [2.05, 4.69) is 30.7 Å².